The van der Waals surface area contributed by atoms with Crippen LogP contribution in [0.15, 0.2) is 33.9 Å². The molecule has 1 fully saturated rings. The number of anilines is 1. The summed E-state index contributed by atoms with van der Waals surface area (Å²) in [5.41, 5.74) is 0.0727. The predicted molar refractivity (Wildman–Crippen MR) is 102 cm³/mol. The van der Waals surface area contributed by atoms with E-state index in [4.69, 9.17) is 0 Å². The number of fused-ring (bicyclic) bond motifs is 1. The van der Waals surface area contributed by atoms with Crippen LogP contribution in [-0.4, -0.2) is 32.2 Å². The quantitative estimate of drug-likeness (QED) is 0.764. The van der Waals surface area contributed by atoms with E-state index in [-0.39, 0.29) is 12.4 Å². The number of H-pyrrole nitrogens is 1. The van der Waals surface area contributed by atoms with Crippen LogP contribution in [0.25, 0.3) is 11.2 Å². The van der Waals surface area contributed by atoms with Gasteiger partial charge in [0, 0.05) is 25.7 Å². The molecule has 7 nitrogen and oxygen atoms in total. The van der Waals surface area contributed by atoms with E-state index in [1.54, 1.807) is 29.8 Å². The fourth-order valence-electron chi connectivity index (χ4n) is 3.68. The minimum atomic E-state index is -0.509. The maximum atomic E-state index is 14.3. The van der Waals surface area contributed by atoms with Crippen LogP contribution in [0.3, 0.4) is 0 Å². The van der Waals surface area contributed by atoms with Crippen molar-refractivity contribution in [2.45, 2.75) is 32.2 Å². The number of halogens is 1. The normalized spacial score (nSPS) is 15.3. The summed E-state index contributed by atoms with van der Waals surface area (Å²) >= 11 is 0. The number of aromatic nitrogens is 4. The zero-order valence-electron chi connectivity index (χ0n) is 15.2. The minimum absolute atomic E-state index is 0.177. The molecular formula is C19H22FN5O2. The molecule has 1 aliphatic heterocycles. The van der Waals surface area contributed by atoms with Crippen molar-refractivity contribution in [1.82, 2.24) is 19.1 Å². The molecule has 8 heteroatoms. The fraction of sp³-hybridized carbons (Fsp3) is 0.421. The van der Waals surface area contributed by atoms with Gasteiger partial charge in [0.05, 0.1) is 6.54 Å². The molecule has 1 saturated heterocycles. The molecule has 0 bridgehead atoms. The van der Waals surface area contributed by atoms with Gasteiger partial charge in [0.25, 0.3) is 5.56 Å². The first-order valence-electron chi connectivity index (χ1n) is 9.24. The van der Waals surface area contributed by atoms with Crippen LogP contribution < -0.4 is 16.1 Å². The maximum Gasteiger partial charge on any atom is 0.329 e. The lowest BCUT2D eigenvalue weighted by atomic mass is 10.2. The number of hydrogen-bond acceptors (Lipinski definition) is 4. The molecule has 1 aliphatic rings. The smallest absolute Gasteiger partial charge is 0.329 e. The summed E-state index contributed by atoms with van der Waals surface area (Å²) in [5.74, 6) is 0.282. The summed E-state index contributed by atoms with van der Waals surface area (Å²) in [4.78, 5) is 33.7. The molecule has 0 spiro atoms. The third kappa shape index (κ3) is 3.15. The van der Waals surface area contributed by atoms with Gasteiger partial charge in [-0.2, -0.15) is 4.98 Å². The van der Waals surface area contributed by atoms with Gasteiger partial charge in [-0.1, -0.05) is 31.0 Å². The first-order chi connectivity index (χ1) is 13.1. The number of hydrogen-bond donors (Lipinski definition) is 1. The molecule has 0 amide bonds. The Morgan fingerprint density at radius 1 is 1.11 bits per heavy atom. The SMILES string of the molecule is Cn1c(=O)[nH]c(=O)c2c1nc(N1CCCCCC1)n2Cc1ccccc1F. The third-order valence-corrected chi connectivity index (χ3v) is 5.16. The second-order valence-corrected chi connectivity index (χ2v) is 6.98. The predicted octanol–water partition coefficient (Wildman–Crippen LogP) is 1.99. The molecule has 3 heterocycles. The van der Waals surface area contributed by atoms with E-state index in [0.29, 0.717) is 22.7 Å². The number of imidazole rings is 1. The van der Waals surface area contributed by atoms with Gasteiger partial charge < -0.3 is 4.90 Å². The van der Waals surface area contributed by atoms with Crippen molar-refractivity contribution in [3.63, 3.8) is 0 Å². The van der Waals surface area contributed by atoms with Crippen molar-refractivity contribution in [3.05, 3.63) is 56.5 Å². The van der Waals surface area contributed by atoms with E-state index in [2.05, 4.69) is 14.9 Å². The molecule has 27 heavy (non-hydrogen) atoms. The molecule has 3 aromatic rings. The van der Waals surface area contributed by atoms with E-state index < -0.39 is 11.2 Å². The van der Waals surface area contributed by atoms with E-state index in [0.717, 1.165) is 38.8 Å². The van der Waals surface area contributed by atoms with Gasteiger partial charge in [0.2, 0.25) is 5.95 Å². The Morgan fingerprint density at radius 3 is 2.52 bits per heavy atom. The summed E-state index contributed by atoms with van der Waals surface area (Å²) in [7, 11) is 1.58. The van der Waals surface area contributed by atoms with Gasteiger partial charge in [-0.15, -0.1) is 0 Å². The van der Waals surface area contributed by atoms with Crippen molar-refractivity contribution in [2.75, 3.05) is 18.0 Å². The van der Waals surface area contributed by atoms with E-state index in [9.17, 15) is 14.0 Å². The molecule has 0 saturated carbocycles. The second kappa shape index (κ2) is 7.02. The van der Waals surface area contributed by atoms with Gasteiger partial charge in [-0.25, -0.2) is 9.18 Å². The Morgan fingerprint density at radius 2 is 1.81 bits per heavy atom. The minimum Gasteiger partial charge on any atom is -0.342 e. The first-order valence-corrected chi connectivity index (χ1v) is 9.24. The van der Waals surface area contributed by atoms with Crippen LogP contribution >= 0.6 is 0 Å². The number of nitrogens with one attached hydrogen (secondary N) is 1. The Balaban J connectivity index is 1.94. The Bertz CT molecular complexity index is 1090. The second-order valence-electron chi connectivity index (χ2n) is 6.98. The van der Waals surface area contributed by atoms with Gasteiger partial charge in [0.15, 0.2) is 11.2 Å². The van der Waals surface area contributed by atoms with Crippen LogP contribution in [-0.2, 0) is 13.6 Å². The molecule has 1 aromatic carbocycles. The van der Waals surface area contributed by atoms with Crippen LogP contribution in [0.1, 0.15) is 31.2 Å². The van der Waals surface area contributed by atoms with Crippen molar-refractivity contribution in [2.24, 2.45) is 7.05 Å². The lowest BCUT2D eigenvalue weighted by Crippen LogP contribution is -2.30. The van der Waals surface area contributed by atoms with Gasteiger partial charge in [-0.05, 0) is 18.9 Å². The van der Waals surface area contributed by atoms with Crippen molar-refractivity contribution in [1.29, 1.82) is 0 Å². The topological polar surface area (TPSA) is 75.9 Å². The zero-order valence-corrected chi connectivity index (χ0v) is 15.2. The van der Waals surface area contributed by atoms with Crippen molar-refractivity contribution in [3.8, 4) is 0 Å². The van der Waals surface area contributed by atoms with Gasteiger partial charge in [-0.3, -0.25) is 18.9 Å². The third-order valence-electron chi connectivity index (χ3n) is 5.16. The highest BCUT2D eigenvalue weighted by molar-refractivity contribution is 5.74. The van der Waals surface area contributed by atoms with Gasteiger partial charge >= 0.3 is 5.69 Å². The number of nitrogens with zero attached hydrogens (tertiary/aromatic N) is 4. The number of aryl methyl sites for hydroxylation is 1. The molecule has 1 N–H and O–H groups in total. The monoisotopic (exact) mass is 371 g/mol. The van der Waals surface area contributed by atoms with Gasteiger partial charge in [0.1, 0.15) is 5.82 Å². The summed E-state index contributed by atoms with van der Waals surface area (Å²) in [6, 6.07) is 6.50. The Hall–Kier alpha value is -2.90. The average Bonchev–Trinajstić information content (AvgIpc) is 2.83. The number of rotatable bonds is 3. The van der Waals surface area contributed by atoms with Crippen LogP contribution in [0.2, 0.25) is 0 Å². The molecule has 0 atom stereocenters. The number of benzene rings is 1. The van der Waals surface area contributed by atoms with Crippen molar-refractivity contribution < 1.29 is 4.39 Å². The van der Waals surface area contributed by atoms with E-state index in [1.807, 2.05) is 0 Å². The van der Waals surface area contributed by atoms with E-state index >= 15 is 0 Å². The standard InChI is InChI=1S/C19H22FN5O2/c1-23-16-15(17(26)22-19(23)27)25(12-13-8-4-5-9-14(13)20)18(21-16)24-10-6-2-3-7-11-24/h4-5,8-9H,2-3,6-7,10-12H2,1H3,(H,22,26,27). The highest BCUT2D eigenvalue weighted by atomic mass is 19.1. The molecule has 0 aliphatic carbocycles. The van der Waals surface area contributed by atoms with Crippen molar-refractivity contribution >= 4 is 17.1 Å². The molecule has 2 aromatic heterocycles. The molecule has 0 unspecified atom stereocenters. The molecule has 142 valence electrons. The Labute approximate surface area is 155 Å². The lowest BCUT2D eigenvalue weighted by Gasteiger charge is -2.22. The summed E-state index contributed by atoms with van der Waals surface area (Å²) in [6.45, 7) is 1.83. The van der Waals surface area contributed by atoms with Crippen LogP contribution in [0, 0.1) is 5.82 Å². The first kappa shape index (κ1) is 17.5. The zero-order chi connectivity index (χ0) is 19.0. The largest absolute Gasteiger partial charge is 0.342 e. The summed E-state index contributed by atoms with van der Waals surface area (Å²) < 4.78 is 17.3. The van der Waals surface area contributed by atoms with Crippen LogP contribution in [0.4, 0.5) is 10.3 Å². The summed E-state index contributed by atoms with van der Waals surface area (Å²) in [6.07, 6.45) is 4.39. The molecule has 0 radical (unpaired) electrons. The highest BCUT2D eigenvalue weighted by Crippen LogP contribution is 2.24. The van der Waals surface area contributed by atoms with Crippen LogP contribution in [0.5, 0.6) is 0 Å². The molecule has 4 rings (SSSR count). The number of aromatic amines is 1. The maximum absolute atomic E-state index is 14.3. The summed E-state index contributed by atoms with van der Waals surface area (Å²) in [5, 5.41) is 0. The lowest BCUT2D eigenvalue weighted by molar-refractivity contribution is 0.599. The Kier molecular flexibility index (Phi) is 4.55. The average molecular weight is 371 g/mol. The van der Waals surface area contributed by atoms with E-state index in [1.165, 1.54) is 10.6 Å². The highest BCUT2D eigenvalue weighted by Gasteiger charge is 2.23. The molecular weight excluding hydrogens is 349 g/mol. The fourth-order valence-corrected chi connectivity index (χ4v) is 3.68.